The molecule has 1 saturated heterocycles. The van der Waals surface area contributed by atoms with E-state index in [-0.39, 0.29) is 5.91 Å². The molecule has 2 heterocycles. The summed E-state index contributed by atoms with van der Waals surface area (Å²) >= 11 is 0. The van der Waals surface area contributed by atoms with E-state index in [1.165, 1.54) is 25.7 Å². The molecule has 0 spiro atoms. The zero-order chi connectivity index (χ0) is 14.8. The lowest BCUT2D eigenvalue weighted by molar-refractivity contribution is 0.0618. The van der Waals surface area contributed by atoms with E-state index in [0.29, 0.717) is 23.6 Å². The van der Waals surface area contributed by atoms with Crippen LogP contribution >= 0.6 is 0 Å². The SMILES string of the molecule is CC(C)C[C@@H]1CCCCCN1C(=O)c1cc(C2CC2)no1. The molecule has 0 aromatic carbocycles. The third kappa shape index (κ3) is 3.47. The summed E-state index contributed by atoms with van der Waals surface area (Å²) in [5, 5.41) is 4.08. The molecule has 116 valence electrons. The number of carbonyl (C=O) groups excluding carboxylic acids is 1. The van der Waals surface area contributed by atoms with Gasteiger partial charge in [0.25, 0.3) is 5.91 Å². The van der Waals surface area contributed by atoms with Crippen molar-refractivity contribution in [3.05, 3.63) is 17.5 Å². The zero-order valence-corrected chi connectivity index (χ0v) is 13.2. The van der Waals surface area contributed by atoms with Crippen molar-refractivity contribution in [2.45, 2.75) is 70.8 Å². The number of rotatable bonds is 4. The van der Waals surface area contributed by atoms with Crippen LogP contribution in [0.15, 0.2) is 10.6 Å². The van der Waals surface area contributed by atoms with Crippen LogP contribution in [0.25, 0.3) is 0 Å². The van der Waals surface area contributed by atoms with Crippen LogP contribution in [0.1, 0.15) is 81.0 Å². The van der Waals surface area contributed by atoms with Crippen molar-refractivity contribution >= 4 is 5.91 Å². The second-order valence-corrected chi connectivity index (χ2v) is 7.02. The van der Waals surface area contributed by atoms with Crippen LogP contribution in [0.5, 0.6) is 0 Å². The molecular weight excluding hydrogens is 264 g/mol. The molecule has 1 aliphatic heterocycles. The van der Waals surface area contributed by atoms with Gasteiger partial charge in [-0.2, -0.15) is 0 Å². The molecule has 3 rings (SSSR count). The average molecular weight is 290 g/mol. The van der Waals surface area contributed by atoms with Gasteiger partial charge in [0.05, 0.1) is 5.69 Å². The van der Waals surface area contributed by atoms with Crippen molar-refractivity contribution in [3.63, 3.8) is 0 Å². The Labute approximate surface area is 126 Å². The van der Waals surface area contributed by atoms with Gasteiger partial charge < -0.3 is 9.42 Å². The Morgan fingerprint density at radius 1 is 1.33 bits per heavy atom. The second-order valence-electron chi connectivity index (χ2n) is 7.02. The van der Waals surface area contributed by atoms with Crippen LogP contribution < -0.4 is 0 Å². The molecule has 1 aromatic rings. The Balaban J connectivity index is 1.74. The van der Waals surface area contributed by atoms with Crippen LogP contribution in [0.4, 0.5) is 0 Å². The fraction of sp³-hybridized carbons (Fsp3) is 0.765. The highest BCUT2D eigenvalue weighted by molar-refractivity contribution is 5.91. The van der Waals surface area contributed by atoms with Gasteiger partial charge in [-0.15, -0.1) is 0 Å². The van der Waals surface area contributed by atoms with E-state index in [0.717, 1.165) is 31.5 Å². The topological polar surface area (TPSA) is 46.3 Å². The molecule has 4 heteroatoms. The summed E-state index contributed by atoms with van der Waals surface area (Å²) in [6.07, 6.45) is 8.11. The predicted octanol–water partition coefficient (Wildman–Crippen LogP) is 3.98. The Morgan fingerprint density at radius 2 is 2.14 bits per heavy atom. The van der Waals surface area contributed by atoms with Crippen LogP contribution in [-0.2, 0) is 0 Å². The normalized spacial score (nSPS) is 23.4. The van der Waals surface area contributed by atoms with E-state index >= 15 is 0 Å². The van der Waals surface area contributed by atoms with Crippen molar-refractivity contribution in [2.75, 3.05) is 6.54 Å². The second kappa shape index (κ2) is 6.20. The fourth-order valence-corrected chi connectivity index (χ4v) is 3.34. The molecule has 0 bridgehead atoms. The van der Waals surface area contributed by atoms with E-state index in [2.05, 4.69) is 19.0 Å². The smallest absolute Gasteiger partial charge is 0.292 e. The van der Waals surface area contributed by atoms with Crippen molar-refractivity contribution in [2.24, 2.45) is 5.92 Å². The third-order valence-corrected chi connectivity index (χ3v) is 4.62. The van der Waals surface area contributed by atoms with Crippen LogP contribution in [0, 0.1) is 5.92 Å². The largest absolute Gasteiger partial charge is 0.351 e. The lowest BCUT2D eigenvalue weighted by atomic mass is 9.98. The summed E-state index contributed by atoms with van der Waals surface area (Å²) in [5.74, 6) is 1.63. The molecule has 0 radical (unpaired) electrons. The first-order valence-electron chi connectivity index (χ1n) is 8.42. The van der Waals surface area contributed by atoms with E-state index in [4.69, 9.17) is 4.52 Å². The standard InChI is InChI=1S/C17H26N2O2/c1-12(2)10-14-6-4-3-5-9-19(14)17(20)16-11-15(18-21-16)13-7-8-13/h11-14H,3-10H2,1-2H3/t14-/m0/s1. The minimum absolute atomic E-state index is 0.0435. The maximum atomic E-state index is 12.8. The maximum absolute atomic E-state index is 12.8. The lowest BCUT2D eigenvalue weighted by Gasteiger charge is -2.30. The van der Waals surface area contributed by atoms with E-state index in [1.54, 1.807) is 0 Å². The van der Waals surface area contributed by atoms with Crippen LogP contribution in [0.2, 0.25) is 0 Å². The van der Waals surface area contributed by atoms with E-state index < -0.39 is 0 Å². The van der Waals surface area contributed by atoms with E-state index in [9.17, 15) is 4.79 Å². The monoisotopic (exact) mass is 290 g/mol. The van der Waals surface area contributed by atoms with Crippen molar-refractivity contribution in [1.82, 2.24) is 10.1 Å². The number of aromatic nitrogens is 1. The summed E-state index contributed by atoms with van der Waals surface area (Å²) in [5.41, 5.74) is 0.966. The van der Waals surface area contributed by atoms with Gasteiger partial charge in [0.1, 0.15) is 0 Å². The molecule has 0 N–H and O–H groups in total. The molecule has 2 aliphatic rings. The highest BCUT2D eigenvalue weighted by Crippen LogP contribution is 2.39. The molecule has 1 saturated carbocycles. The molecule has 1 atom stereocenters. The minimum Gasteiger partial charge on any atom is -0.351 e. The number of carbonyl (C=O) groups is 1. The van der Waals surface area contributed by atoms with Gasteiger partial charge in [-0.1, -0.05) is 31.8 Å². The van der Waals surface area contributed by atoms with Crippen molar-refractivity contribution in [3.8, 4) is 0 Å². The highest BCUT2D eigenvalue weighted by Gasteiger charge is 2.32. The molecule has 21 heavy (non-hydrogen) atoms. The van der Waals surface area contributed by atoms with Gasteiger partial charge in [-0.25, -0.2) is 0 Å². The first-order valence-corrected chi connectivity index (χ1v) is 8.42. The number of nitrogens with zero attached hydrogens (tertiary/aromatic N) is 2. The molecule has 4 nitrogen and oxygen atoms in total. The minimum atomic E-state index is 0.0435. The zero-order valence-electron chi connectivity index (χ0n) is 13.2. The van der Waals surface area contributed by atoms with Crippen molar-refractivity contribution in [1.29, 1.82) is 0 Å². The molecule has 1 aliphatic carbocycles. The van der Waals surface area contributed by atoms with Crippen molar-refractivity contribution < 1.29 is 9.32 Å². The summed E-state index contributed by atoms with van der Waals surface area (Å²) in [4.78, 5) is 14.8. The Bertz CT molecular complexity index is 491. The Kier molecular flexibility index (Phi) is 4.32. The molecular formula is C17H26N2O2. The first kappa shape index (κ1) is 14.6. The van der Waals surface area contributed by atoms with Gasteiger partial charge >= 0.3 is 0 Å². The number of hydrogen-bond donors (Lipinski definition) is 0. The van der Waals surface area contributed by atoms with Crippen LogP contribution in [-0.4, -0.2) is 28.6 Å². The average Bonchev–Trinajstić information content (AvgIpc) is 3.22. The summed E-state index contributed by atoms with van der Waals surface area (Å²) < 4.78 is 5.33. The van der Waals surface area contributed by atoms with Gasteiger partial charge in [-0.3, -0.25) is 4.79 Å². The predicted molar refractivity (Wildman–Crippen MR) is 81.2 cm³/mol. The lowest BCUT2D eigenvalue weighted by Crippen LogP contribution is -2.40. The summed E-state index contributed by atoms with van der Waals surface area (Å²) in [6, 6.07) is 2.23. The van der Waals surface area contributed by atoms with Gasteiger partial charge in [-0.05, 0) is 38.0 Å². The van der Waals surface area contributed by atoms with Crippen LogP contribution in [0.3, 0.4) is 0 Å². The number of likely N-dealkylation sites (tertiary alicyclic amines) is 1. The van der Waals surface area contributed by atoms with Gasteiger partial charge in [0.2, 0.25) is 5.76 Å². The maximum Gasteiger partial charge on any atom is 0.292 e. The summed E-state index contributed by atoms with van der Waals surface area (Å²) in [6.45, 7) is 5.32. The fourth-order valence-electron chi connectivity index (χ4n) is 3.34. The molecule has 1 amide bonds. The Hall–Kier alpha value is -1.32. The first-order chi connectivity index (χ1) is 10.1. The molecule has 2 fully saturated rings. The molecule has 0 unspecified atom stereocenters. The third-order valence-electron chi connectivity index (χ3n) is 4.62. The Morgan fingerprint density at radius 3 is 2.86 bits per heavy atom. The highest BCUT2D eigenvalue weighted by atomic mass is 16.5. The van der Waals surface area contributed by atoms with Gasteiger partial charge in [0.15, 0.2) is 0 Å². The van der Waals surface area contributed by atoms with Gasteiger partial charge in [0, 0.05) is 24.6 Å². The quantitative estimate of drug-likeness (QED) is 0.842. The molecule has 1 aromatic heterocycles. The number of amides is 1. The number of hydrogen-bond acceptors (Lipinski definition) is 3. The van der Waals surface area contributed by atoms with E-state index in [1.807, 2.05) is 11.0 Å². The summed E-state index contributed by atoms with van der Waals surface area (Å²) in [7, 11) is 0.